The van der Waals surface area contributed by atoms with Crippen molar-refractivity contribution in [3.8, 4) is 0 Å². The summed E-state index contributed by atoms with van der Waals surface area (Å²) in [6.07, 6.45) is 0. The second kappa shape index (κ2) is 4.68. The number of nitrogens with one attached hydrogen (secondary N) is 1. The number of anilines is 1. The molecule has 0 aliphatic carbocycles. The van der Waals surface area contributed by atoms with E-state index >= 15 is 0 Å². The first kappa shape index (κ1) is 11.4. The summed E-state index contributed by atoms with van der Waals surface area (Å²) in [5.41, 5.74) is 0.529. The SMILES string of the molecule is CCSc1ccccc1NS(N)(=O)=O. The second-order valence-electron chi connectivity index (χ2n) is 2.58. The van der Waals surface area contributed by atoms with Gasteiger partial charge < -0.3 is 0 Å². The van der Waals surface area contributed by atoms with E-state index in [2.05, 4.69) is 4.72 Å². The Balaban J connectivity index is 2.95. The van der Waals surface area contributed by atoms with Crippen LogP contribution in [0.25, 0.3) is 0 Å². The molecular weight excluding hydrogens is 220 g/mol. The summed E-state index contributed by atoms with van der Waals surface area (Å²) in [5, 5.41) is 4.88. The van der Waals surface area contributed by atoms with E-state index in [0.29, 0.717) is 5.69 Å². The third kappa shape index (κ3) is 3.57. The van der Waals surface area contributed by atoms with Crippen LogP contribution in [0.5, 0.6) is 0 Å². The van der Waals surface area contributed by atoms with Crippen LogP contribution < -0.4 is 9.86 Å². The van der Waals surface area contributed by atoms with E-state index in [1.807, 2.05) is 19.1 Å². The maximum Gasteiger partial charge on any atom is 0.296 e. The topological polar surface area (TPSA) is 72.2 Å². The molecule has 0 aromatic heterocycles. The van der Waals surface area contributed by atoms with Crippen LogP contribution in [0.1, 0.15) is 6.92 Å². The fourth-order valence-electron chi connectivity index (χ4n) is 0.986. The van der Waals surface area contributed by atoms with Crippen LogP contribution in [-0.4, -0.2) is 14.2 Å². The van der Waals surface area contributed by atoms with Gasteiger partial charge in [0, 0.05) is 4.90 Å². The smallest absolute Gasteiger partial charge is 0.270 e. The van der Waals surface area contributed by atoms with E-state index in [1.165, 1.54) is 0 Å². The van der Waals surface area contributed by atoms with Crippen LogP contribution in [0.2, 0.25) is 0 Å². The Morgan fingerprint density at radius 3 is 2.64 bits per heavy atom. The van der Waals surface area contributed by atoms with Crippen molar-refractivity contribution in [1.82, 2.24) is 0 Å². The highest BCUT2D eigenvalue weighted by Gasteiger charge is 2.06. The lowest BCUT2D eigenvalue weighted by Crippen LogP contribution is -2.22. The zero-order valence-corrected chi connectivity index (χ0v) is 9.36. The summed E-state index contributed by atoms with van der Waals surface area (Å²) in [6.45, 7) is 2.00. The summed E-state index contributed by atoms with van der Waals surface area (Å²) in [4.78, 5) is 0.879. The molecule has 3 N–H and O–H groups in total. The molecule has 1 rings (SSSR count). The molecule has 0 saturated carbocycles. The Kier molecular flexibility index (Phi) is 3.79. The van der Waals surface area contributed by atoms with Gasteiger partial charge in [0.25, 0.3) is 10.2 Å². The van der Waals surface area contributed by atoms with E-state index < -0.39 is 10.2 Å². The first-order valence-electron chi connectivity index (χ1n) is 4.05. The molecule has 1 aromatic carbocycles. The molecule has 0 amide bonds. The van der Waals surface area contributed by atoms with E-state index in [0.717, 1.165) is 10.6 Å². The van der Waals surface area contributed by atoms with Crippen molar-refractivity contribution in [2.45, 2.75) is 11.8 Å². The van der Waals surface area contributed by atoms with Crippen molar-refractivity contribution in [1.29, 1.82) is 0 Å². The zero-order valence-electron chi connectivity index (χ0n) is 7.73. The van der Waals surface area contributed by atoms with Crippen LogP contribution in [0, 0.1) is 0 Å². The number of para-hydroxylation sites is 1. The van der Waals surface area contributed by atoms with Gasteiger partial charge in [0.1, 0.15) is 0 Å². The van der Waals surface area contributed by atoms with E-state index in [1.54, 1.807) is 23.9 Å². The molecule has 0 heterocycles. The molecule has 14 heavy (non-hydrogen) atoms. The maximum atomic E-state index is 10.8. The highest BCUT2D eigenvalue weighted by Crippen LogP contribution is 2.26. The molecule has 78 valence electrons. The van der Waals surface area contributed by atoms with Crippen LogP contribution in [0.15, 0.2) is 29.2 Å². The number of rotatable bonds is 4. The first-order valence-corrected chi connectivity index (χ1v) is 6.58. The molecule has 0 radical (unpaired) electrons. The highest BCUT2D eigenvalue weighted by atomic mass is 32.2. The number of hydrogen-bond acceptors (Lipinski definition) is 3. The Morgan fingerprint density at radius 1 is 1.43 bits per heavy atom. The van der Waals surface area contributed by atoms with Crippen molar-refractivity contribution in [3.63, 3.8) is 0 Å². The molecule has 1 aromatic rings. The minimum Gasteiger partial charge on any atom is -0.270 e. The summed E-state index contributed by atoms with van der Waals surface area (Å²) in [5.74, 6) is 0.878. The lowest BCUT2D eigenvalue weighted by Gasteiger charge is -2.08. The molecule has 4 nitrogen and oxygen atoms in total. The van der Waals surface area contributed by atoms with Gasteiger partial charge in [-0.2, -0.15) is 8.42 Å². The molecule has 0 bridgehead atoms. The van der Waals surface area contributed by atoms with Crippen LogP contribution in [-0.2, 0) is 10.2 Å². The number of thioether (sulfide) groups is 1. The molecule has 0 spiro atoms. The van der Waals surface area contributed by atoms with Crippen molar-refractivity contribution in [3.05, 3.63) is 24.3 Å². The van der Waals surface area contributed by atoms with Crippen molar-refractivity contribution in [2.75, 3.05) is 10.5 Å². The van der Waals surface area contributed by atoms with Gasteiger partial charge in [-0.05, 0) is 17.9 Å². The average Bonchev–Trinajstić information content (AvgIpc) is 2.06. The van der Waals surface area contributed by atoms with Gasteiger partial charge in [-0.1, -0.05) is 19.1 Å². The quantitative estimate of drug-likeness (QED) is 0.771. The highest BCUT2D eigenvalue weighted by molar-refractivity contribution is 7.99. The number of benzene rings is 1. The Bertz CT molecular complexity index is 404. The molecule has 6 heteroatoms. The summed E-state index contributed by atoms with van der Waals surface area (Å²) < 4.78 is 23.9. The number of hydrogen-bond donors (Lipinski definition) is 2. The van der Waals surface area contributed by atoms with Crippen molar-refractivity contribution >= 4 is 27.7 Å². The van der Waals surface area contributed by atoms with Crippen molar-refractivity contribution < 1.29 is 8.42 Å². The molecule has 0 fully saturated rings. The van der Waals surface area contributed by atoms with Gasteiger partial charge in [-0.25, -0.2) is 5.14 Å². The molecule has 0 aliphatic rings. The van der Waals surface area contributed by atoms with Gasteiger partial charge in [-0.15, -0.1) is 11.8 Å². The van der Waals surface area contributed by atoms with Gasteiger partial charge in [-0.3, -0.25) is 4.72 Å². The monoisotopic (exact) mass is 232 g/mol. The van der Waals surface area contributed by atoms with Gasteiger partial charge >= 0.3 is 0 Å². The minimum atomic E-state index is -3.68. The third-order valence-electron chi connectivity index (χ3n) is 1.44. The van der Waals surface area contributed by atoms with Gasteiger partial charge in [0.05, 0.1) is 5.69 Å². The van der Waals surface area contributed by atoms with Crippen LogP contribution >= 0.6 is 11.8 Å². The lowest BCUT2D eigenvalue weighted by atomic mass is 10.3. The number of nitrogens with two attached hydrogens (primary N) is 1. The predicted molar refractivity (Wildman–Crippen MR) is 59.6 cm³/mol. The van der Waals surface area contributed by atoms with Gasteiger partial charge in [0.15, 0.2) is 0 Å². The normalized spacial score (nSPS) is 11.3. The van der Waals surface area contributed by atoms with Crippen LogP contribution in [0.4, 0.5) is 5.69 Å². The third-order valence-corrected chi connectivity index (χ3v) is 2.90. The molecular formula is C8H12N2O2S2. The standard InChI is InChI=1S/C8H12N2O2S2/c1-2-13-8-6-4-3-5-7(8)10-14(9,11)12/h3-6,10H,2H2,1H3,(H2,9,11,12). The Hall–Kier alpha value is -0.720. The Labute approximate surface area is 88.1 Å². The summed E-state index contributed by atoms with van der Waals surface area (Å²) in [7, 11) is -3.68. The molecule has 0 unspecified atom stereocenters. The molecule has 0 atom stereocenters. The minimum absolute atomic E-state index is 0.529. The second-order valence-corrected chi connectivity index (χ2v) is 5.18. The Morgan fingerprint density at radius 2 is 2.07 bits per heavy atom. The predicted octanol–water partition coefficient (Wildman–Crippen LogP) is 1.41. The first-order chi connectivity index (χ1) is 6.53. The van der Waals surface area contributed by atoms with E-state index in [4.69, 9.17) is 5.14 Å². The fourth-order valence-corrected chi connectivity index (χ4v) is 2.30. The van der Waals surface area contributed by atoms with Crippen molar-refractivity contribution in [2.24, 2.45) is 5.14 Å². The lowest BCUT2D eigenvalue weighted by molar-refractivity contribution is 0.603. The van der Waals surface area contributed by atoms with Crippen LogP contribution in [0.3, 0.4) is 0 Å². The van der Waals surface area contributed by atoms with Gasteiger partial charge in [0.2, 0.25) is 0 Å². The zero-order chi connectivity index (χ0) is 10.6. The largest absolute Gasteiger partial charge is 0.296 e. The summed E-state index contributed by atoms with van der Waals surface area (Å²) in [6, 6.07) is 7.14. The summed E-state index contributed by atoms with van der Waals surface area (Å²) >= 11 is 1.56. The average molecular weight is 232 g/mol. The maximum absolute atomic E-state index is 10.8. The molecule has 0 aliphatic heterocycles. The molecule has 0 saturated heterocycles. The van der Waals surface area contributed by atoms with E-state index in [-0.39, 0.29) is 0 Å². The fraction of sp³-hybridized carbons (Fsp3) is 0.250. The van der Waals surface area contributed by atoms with E-state index in [9.17, 15) is 8.42 Å².